The number of anilines is 2. The van der Waals surface area contributed by atoms with Gasteiger partial charge in [-0.3, -0.25) is 14.9 Å². The number of nitrogens with one attached hydrogen (secondary N) is 2. The van der Waals surface area contributed by atoms with Gasteiger partial charge in [-0.05, 0) is 46.6 Å². The molecule has 2 heterocycles. The lowest BCUT2D eigenvalue weighted by molar-refractivity contribution is 0.476. The lowest BCUT2D eigenvalue weighted by atomic mass is 10.2. The van der Waals surface area contributed by atoms with Gasteiger partial charge in [0.25, 0.3) is 0 Å². The normalized spacial score (nSPS) is 10.4. The summed E-state index contributed by atoms with van der Waals surface area (Å²) >= 11 is 4.57. The summed E-state index contributed by atoms with van der Waals surface area (Å²) in [7, 11) is 1.87. The second kappa shape index (κ2) is 7.91. The van der Waals surface area contributed by atoms with E-state index in [9.17, 15) is 0 Å². The second-order valence-electron chi connectivity index (χ2n) is 4.72. The Hall–Kier alpha value is -1.42. The maximum atomic E-state index is 5.45. The maximum absolute atomic E-state index is 5.45. The zero-order valence-corrected chi connectivity index (χ0v) is 15.9. The Kier molecular flexibility index (Phi) is 6.17. The summed E-state index contributed by atoms with van der Waals surface area (Å²) < 4.78 is 8.16. The van der Waals surface area contributed by atoms with Crippen LogP contribution in [0.1, 0.15) is 5.56 Å². The van der Waals surface area contributed by atoms with Crippen LogP contribution in [0.4, 0.5) is 11.5 Å². The summed E-state index contributed by atoms with van der Waals surface area (Å²) in [6, 6.07) is 9.92. The van der Waals surface area contributed by atoms with Gasteiger partial charge in [0.15, 0.2) is 11.5 Å². The number of halogens is 1. The van der Waals surface area contributed by atoms with Crippen molar-refractivity contribution in [3.8, 4) is 0 Å². The molecule has 0 aliphatic carbocycles. The van der Waals surface area contributed by atoms with E-state index in [0.29, 0.717) is 0 Å². The van der Waals surface area contributed by atoms with Gasteiger partial charge in [-0.15, -0.1) is 0 Å². The van der Waals surface area contributed by atoms with Crippen molar-refractivity contribution in [3.63, 3.8) is 0 Å². The van der Waals surface area contributed by atoms with Crippen LogP contribution in [0, 0.1) is 6.92 Å². The van der Waals surface area contributed by atoms with Crippen molar-refractivity contribution < 1.29 is 4.28 Å². The zero-order chi connectivity index (χ0) is 15.5. The van der Waals surface area contributed by atoms with E-state index in [1.54, 1.807) is 6.20 Å². The van der Waals surface area contributed by atoms with Gasteiger partial charge in [-0.1, -0.05) is 12.1 Å². The van der Waals surface area contributed by atoms with Crippen molar-refractivity contribution in [1.82, 2.24) is 15.2 Å². The quantitative estimate of drug-likeness (QED) is 0.371. The van der Waals surface area contributed by atoms with Crippen LogP contribution >= 0.6 is 41.7 Å². The highest BCUT2D eigenvalue weighted by atomic mass is 79.9. The first kappa shape index (κ1) is 17.9. The van der Waals surface area contributed by atoms with Crippen molar-refractivity contribution in [3.05, 3.63) is 46.6 Å². The first-order chi connectivity index (χ1) is 10.6. The molecule has 9 heteroatoms. The van der Waals surface area contributed by atoms with Crippen LogP contribution in [0.15, 0.2) is 41.0 Å². The van der Waals surface area contributed by atoms with Crippen molar-refractivity contribution in [1.29, 1.82) is 0 Å². The van der Waals surface area contributed by atoms with E-state index >= 15 is 0 Å². The molecule has 0 aliphatic heterocycles. The molecular weight excluding hydrogens is 398 g/mol. The fourth-order valence-corrected chi connectivity index (χ4v) is 2.76. The number of pyridine rings is 1. The highest BCUT2D eigenvalue weighted by Crippen LogP contribution is 2.28. The minimum Gasteiger partial charge on any atom is -0.276 e. The molecule has 2 aromatic heterocycles. The van der Waals surface area contributed by atoms with E-state index in [1.165, 1.54) is 5.56 Å². The molecule has 0 amide bonds. The molecule has 23 heavy (non-hydrogen) atoms. The summed E-state index contributed by atoms with van der Waals surface area (Å²) in [5.74, 6) is 0.750. The number of nitrogens with zero attached hydrogens (tertiary/aromatic N) is 3. The first-order valence-electron chi connectivity index (χ1n) is 6.53. The standard InChI is InChI=1S/C14H14BrN5OS.H2S/c1-9-4-3-5-11(6-9)19-21-22-20(2)14-12-7-10(15)8-16-13(12)17-18-14;/h3-8,19H,1-2H3,(H,16,17,18);1H2. The molecule has 0 unspecified atom stereocenters. The van der Waals surface area contributed by atoms with Gasteiger partial charge in [0, 0.05) is 17.7 Å². The van der Waals surface area contributed by atoms with Gasteiger partial charge in [0.05, 0.1) is 11.1 Å². The third-order valence-electron chi connectivity index (χ3n) is 2.99. The molecule has 0 spiro atoms. The minimum atomic E-state index is 0. The monoisotopic (exact) mass is 413 g/mol. The Morgan fingerprint density at radius 3 is 2.96 bits per heavy atom. The molecule has 6 nitrogen and oxygen atoms in total. The number of rotatable bonds is 5. The average Bonchev–Trinajstić information content (AvgIpc) is 2.90. The molecule has 0 bridgehead atoms. The van der Waals surface area contributed by atoms with Crippen LogP contribution in [0.25, 0.3) is 11.0 Å². The lowest BCUT2D eigenvalue weighted by Gasteiger charge is -2.14. The predicted molar refractivity (Wildman–Crippen MR) is 104 cm³/mol. The Balaban J connectivity index is 0.00000192. The number of aryl methyl sites for hydroxylation is 1. The molecule has 1 aromatic carbocycles. The van der Waals surface area contributed by atoms with E-state index in [0.717, 1.165) is 39.2 Å². The Bertz CT molecular complexity index is 798. The number of aromatic nitrogens is 3. The highest BCUT2D eigenvalue weighted by molar-refractivity contribution is 9.10. The summed E-state index contributed by atoms with van der Waals surface area (Å²) in [4.78, 5) is 4.26. The van der Waals surface area contributed by atoms with E-state index in [2.05, 4.69) is 36.6 Å². The van der Waals surface area contributed by atoms with E-state index in [-0.39, 0.29) is 13.5 Å². The molecular formula is C14H16BrN5OS2. The molecule has 0 atom stereocenters. The van der Waals surface area contributed by atoms with Crippen LogP contribution in [-0.2, 0) is 4.28 Å². The molecule has 0 fully saturated rings. The van der Waals surface area contributed by atoms with Gasteiger partial charge < -0.3 is 0 Å². The number of aromatic amines is 1. The van der Waals surface area contributed by atoms with E-state index in [1.807, 2.05) is 48.6 Å². The molecule has 3 rings (SSSR count). The minimum absolute atomic E-state index is 0. The van der Waals surface area contributed by atoms with Gasteiger partial charge >= 0.3 is 0 Å². The number of H-pyrrole nitrogens is 1. The summed E-state index contributed by atoms with van der Waals surface area (Å²) in [6.07, 6.45) is 1.73. The average molecular weight is 414 g/mol. The van der Waals surface area contributed by atoms with E-state index in [4.69, 9.17) is 4.28 Å². The Morgan fingerprint density at radius 1 is 1.35 bits per heavy atom. The van der Waals surface area contributed by atoms with E-state index < -0.39 is 0 Å². The Labute approximate surface area is 153 Å². The third-order valence-corrected chi connectivity index (χ3v) is 3.98. The van der Waals surface area contributed by atoms with Gasteiger partial charge in [-0.25, -0.2) is 4.98 Å². The van der Waals surface area contributed by atoms with Crippen LogP contribution < -0.4 is 9.79 Å². The van der Waals surface area contributed by atoms with Crippen LogP contribution in [-0.4, -0.2) is 22.2 Å². The van der Waals surface area contributed by atoms with Crippen molar-refractivity contribution >= 4 is 64.2 Å². The topological polar surface area (TPSA) is 66.1 Å². The zero-order valence-electron chi connectivity index (χ0n) is 12.5. The summed E-state index contributed by atoms with van der Waals surface area (Å²) in [5.41, 5.74) is 5.70. The molecule has 2 N–H and O–H groups in total. The van der Waals surface area contributed by atoms with Gasteiger partial charge in [-0.2, -0.15) is 22.9 Å². The van der Waals surface area contributed by atoms with Crippen molar-refractivity contribution in [2.45, 2.75) is 6.92 Å². The lowest BCUT2D eigenvalue weighted by Crippen LogP contribution is -2.10. The molecule has 3 aromatic rings. The smallest absolute Gasteiger partial charge is 0.171 e. The number of hydrogen-bond donors (Lipinski definition) is 2. The largest absolute Gasteiger partial charge is 0.276 e. The van der Waals surface area contributed by atoms with Crippen molar-refractivity contribution in [2.75, 3.05) is 16.8 Å². The number of benzene rings is 1. The molecule has 0 saturated heterocycles. The molecule has 0 aliphatic rings. The maximum Gasteiger partial charge on any atom is 0.171 e. The molecule has 122 valence electrons. The second-order valence-corrected chi connectivity index (χ2v) is 6.50. The summed E-state index contributed by atoms with van der Waals surface area (Å²) in [6.45, 7) is 2.03. The first-order valence-corrected chi connectivity index (χ1v) is 8.02. The van der Waals surface area contributed by atoms with Crippen LogP contribution in [0.2, 0.25) is 0 Å². The van der Waals surface area contributed by atoms with Crippen LogP contribution in [0.5, 0.6) is 0 Å². The Morgan fingerprint density at radius 2 is 2.17 bits per heavy atom. The molecule has 0 saturated carbocycles. The summed E-state index contributed by atoms with van der Waals surface area (Å²) in [5, 5.41) is 8.08. The number of fused-ring (bicyclic) bond motifs is 1. The van der Waals surface area contributed by atoms with Crippen LogP contribution in [0.3, 0.4) is 0 Å². The number of hydrogen-bond acceptors (Lipinski definition) is 6. The van der Waals surface area contributed by atoms with Gasteiger partial charge in [0.2, 0.25) is 0 Å². The molecule has 0 radical (unpaired) electrons. The fraction of sp³-hybridized carbons (Fsp3) is 0.143. The fourth-order valence-electron chi connectivity index (χ4n) is 1.97. The highest BCUT2D eigenvalue weighted by Gasteiger charge is 2.13. The SMILES string of the molecule is Cc1cccc(NOSN(C)c2n[nH]c3ncc(Br)cc23)c1.S. The van der Waals surface area contributed by atoms with Crippen molar-refractivity contribution in [2.24, 2.45) is 0 Å². The van der Waals surface area contributed by atoms with Gasteiger partial charge in [0.1, 0.15) is 12.2 Å². The predicted octanol–water partition coefficient (Wildman–Crippen LogP) is 4.18. The third kappa shape index (κ3) is 4.31.